The van der Waals surface area contributed by atoms with E-state index in [0.29, 0.717) is 6.42 Å². The Morgan fingerprint density at radius 1 is 1.24 bits per heavy atom. The molecule has 0 saturated carbocycles. The number of Topliss-reactive ketones (excluding diaryl/α,β-unsaturated/α-hetero) is 1. The van der Waals surface area contributed by atoms with Crippen LogP contribution in [0.4, 0.5) is 0 Å². The first-order valence-corrected chi connectivity index (χ1v) is 7.31. The Morgan fingerprint density at radius 3 is 2.76 bits per heavy atom. The van der Waals surface area contributed by atoms with Crippen molar-refractivity contribution in [3.8, 4) is 0 Å². The van der Waals surface area contributed by atoms with Crippen LogP contribution in [0.5, 0.6) is 0 Å². The van der Waals surface area contributed by atoms with Crippen molar-refractivity contribution in [3.63, 3.8) is 0 Å². The minimum Gasteiger partial charge on any atom is -0.314 e. The van der Waals surface area contributed by atoms with Gasteiger partial charge in [-0.15, -0.1) is 10.2 Å². The fourth-order valence-electron chi connectivity index (χ4n) is 2.56. The Kier molecular flexibility index (Phi) is 4.54. The molecule has 0 aromatic heterocycles. The summed E-state index contributed by atoms with van der Waals surface area (Å²) in [6.45, 7) is 3.51. The highest BCUT2D eigenvalue weighted by molar-refractivity contribution is 5.83. The summed E-state index contributed by atoms with van der Waals surface area (Å²) in [7, 11) is 0. The van der Waals surface area contributed by atoms with E-state index in [2.05, 4.69) is 26.2 Å². The Balaban J connectivity index is 1.56. The van der Waals surface area contributed by atoms with Gasteiger partial charge in [0.25, 0.3) is 0 Å². The number of rotatable bonds is 5. The van der Waals surface area contributed by atoms with Crippen molar-refractivity contribution < 1.29 is 4.79 Å². The SMILES string of the molecule is O=C(CCc1ccccc1)C1N=NNN1N1CCNCC1. The van der Waals surface area contributed by atoms with Gasteiger partial charge in [-0.1, -0.05) is 35.6 Å². The average molecular weight is 288 g/mol. The lowest BCUT2D eigenvalue weighted by Gasteiger charge is -2.35. The number of nitrogens with zero attached hydrogens (tertiary/aromatic N) is 4. The highest BCUT2D eigenvalue weighted by Gasteiger charge is 2.34. The smallest absolute Gasteiger partial charge is 0.217 e. The number of nitrogens with one attached hydrogen (secondary N) is 2. The monoisotopic (exact) mass is 288 g/mol. The molecule has 1 fully saturated rings. The topological polar surface area (TPSA) is 72.3 Å². The number of aryl methyl sites for hydroxylation is 1. The van der Waals surface area contributed by atoms with E-state index in [1.54, 1.807) is 5.12 Å². The van der Waals surface area contributed by atoms with Crippen LogP contribution in [0.25, 0.3) is 0 Å². The summed E-state index contributed by atoms with van der Waals surface area (Å²) < 4.78 is 0. The van der Waals surface area contributed by atoms with Gasteiger partial charge in [-0.3, -0.25) is 4.79 Å². The maximum absolute atomic E-state index is 12.4. The first-order valence-electron chi connectivity index (χ1n) is 7.31. The van der Waals surface area contributed by atoms with Crippen LogP contribution < -0.4 is 10.9 Å². The van der Waals surface area contributed by atoms with E-state index in [9.17, 15) is 4.79 Å². The van der Waals surface area contributed by atoms with Crippen molar-refractivity contribution in [1.82, 2.24) is 21.0 Å². The first kappa shape index (κ1) is 14.1. The number of benzene rings is 1. The highest BCUT2D eigenvalue weighted by Crippen LogP contribution is 2.14. The third kappa shape index (κ3) is 3.44. The van der Waals surface area contributed by atoms with Gasteiger partial charge in [0.05, 0.1) is 0 Å². The first-order chi connectivity index (χ1) is 10.3. The molecule has 1 atom stereocenters. The molecule has 112 valence electrons. The maximum atomic E-state index is 12.4. The molecule has 21 heavy (non-hydrogen) atoms. The van der Waals surface area contributed by atoms with Gasteiger partial charge >= 0.3 is 0 Å². The van der Waals surface area contributed by atoms with E-state index >= 15 is 0 Å². The summed E-state index contributed by atoms with van der Waals surface area (Å²) >= 11 is 0. The molecule has 0 aliphatic carbocycles. The summed E-state index contributed by atoms with van der Waals surface area (Å²) in [5.74, 6) is 0.0890. The van der Waals surface area contributed by atoms with E-state index in [1.807, 2.05) is 30.3 Å². The molecular formula is C14H20N6O. The molecule has 2 heterocycles. The van der Waals surface area contributed by atoms with Crippen molar-refractivity contribution in [3.05, 3.63) is 35.9 Å². The Bertz CT molecular complexity index is 499. The Hall–Kier alpha value is -1.83. The molecule has 0 spiro atoms. The second-order valence-corrected chi connectivity index (χ2v) is 5.19. The van der Waals surface area contributed by atoms with Crippen LogP contribution in [0.2, 0.25) is 0 Å². The molecule has 1 aromatic rings. The number of hydrogen-bond acceptors (Lipinski definition) is 7. The Morgan fingerprint density at radius 2 is 2.00 bits per heavy atom. The zero-order valence-electron chi connectivity index (χ0n) is 11.9. The van der Waals surface area contributed by atoms with Crippen LogP contribution in [0.1, 0.15) is 12.0 Å². The molecule has 2 N–H and O–H groups in total. The van der Waals surface area contributed by atoms with Gasteiger partial charge in [0.15, 0.2) is 5.78 Å². The van der Waals surface area contributed by atoms with Crippen molar-refractivity contribution in [2.24, 2.45) is 10.3 Å². The van der Waals surface area contributed by atoms with E-state index in [1.165, 1.54) is 5.56 Å². The third-order valence-corrected chi connectivity index (χ3v) is 3.73. The minimum absolute atomic E-state index is 0.0890. The summed E-state index contributed by atoms with van der Waals surface area (Å²) in [6, 6.07) is 10.0. The van der Waals surface area contributed by atoms with E-state index in [4.69, 9.17) is 0 Å². The highest BCUT2D eigenvalue weighted by atomic mass is 16.1. The lowest BCUT2D eigenvalue weighted by Crippen LogP contribution is -2.58. The van der Waals surface area contributed by atoms with E-state index in [-0.39, 0.29) is 5.78 Å². The maximum Gasteiger partial charge on any atom is 0.217 e. The number of hydrazine groups is 2. The van der Waals surface area contributed by atoms with Gasteiger partial charge in [-0.05, 0) is 12.0 Å². The van der Waals surface area contributed by atoms with E-state index < -0.39 is 6.17 Å². The molecule has 2 aliphatic rings. The number of piperazine rings is 1. The summed E-state index contributed by atoms with van der Waals surface area (Å²) in [5, 5.41) is 15.0. The summed E-state index contributed by atoms with van der Waals surface area (Å²) in [5.41, 5.74) is 3.99. The number of hydrogen-bond donors (Lipinski definition) is 2. The lowest BCUT2D eigenvalue weighted by atomic mass is 10.1. The lowest BCUT2D eigenvalue weighted by molar-refractivity contribution is -0.139. The molecule has 7 heteroatoms. The quantitative estimate of drug-likeness (QED) is 0.826. The van der Waals surface area contributed by atoms with Crippen LogP contribution in [0.3, 0.4) is 0 Å². The molecule has 7 nitrogen and oxygen atoms in total. The van der Waals surface area contributed by atoms with Crippen LogP contribution >= 0.6 is 0 Å². The second kappa shape index (κ2) is 6.75. The molecule has 0 amide bonds. The number of carbonyl (C=O) groups is 1. The van der Waals surface area contributed by atoms with Gasteiger partial charge in [-0.25, -0.2) is 10.5 Å². The molecule has 2 aliphatic heterocycles. The van der Waals surface area contributed by atoms with Gasteiger partial charge in [0, 0.05) is 32.6 Å². The standard InChI is InChI=1S/C14H20N6O/c21-13(7-6-12-4-2-1-3-5-12)14-16-17-18-20(14)19-10-8-15-9-11-19/h1-5,14-15H,6-11H2,(H,16,18). The van der Waals surface area contributed by atoms with Crippen LogP contribution in [0.15, 0.2) is 40.7 Å². The van der Waals surface area contributed by atoms with Gasteiger partial charge in [-0.2, -0.15) is 0 Å². The van der Waals surface area contributed by atoms with Gasteiger partial charge in [0.1, 0.15) is 0 Å². The normalized spacial score (nSPS) is 23.1. The fraction of sp³-hybridized carbons (Fsp3) is 0.500. The number of ketones is 1. The van der Waals surface area contributed by atoms with Crippen LogP contribution in [0, 0.1) is 0 Å². The van der Waals surface area contributed by atoms with Crippen LogP contribution in [-0.4, -0.2) is 48.3 Å². The zero-order chi connectivity index (χ0) is 14.5. The predicted octanol–water partition coefficient (Wildman–Crippen LogP) is 0.522. The summed E-state index contributed by atoms with van der Waals surface area (Å²) in [6.07, 6.45) is 0.672. The van der Waals surface area contributed by atoms with Gasteiger partial charge < -0.3 is 5.32 Å². The molecule has 3 rings (SSSR count). The largest absolute Gasteiger partial charge is 0.314 e. The van der Waals surface area contributed by atoms with Crippen molar-refractivity contribution in [2.75, 3.05) is 26.2 Å². The average Bonchev–Trinajstić information content (AvgIpc) is 3.04. The second-order valence-electron chi connectivity index (χ2n) is 5.19. The predicted molar refractivity (Wildman–Crippen MR) is 77.8 cm³/mol. The van der Waals surface area contributed by atoms with Crippen molar-refractivity contribution in [1.29, 1.82) is 0 Å². The van der Waals surface area contributed by atoms with E-state index in [0.717, 1.165) is 32.6 Å². The van der Waals surface area contributed by atoms with Gasteiger partial charge in [0.2, 0.25) is 6.17 Å². The van der Waals surface area contributed by atoms with Crippen molar-refractivity contribution >= 4 is 5.78 Å². The minimum atomic E-state index is -0.535. The molecule has 1 unspecified atom stereocenters. The molecule has 0 radical (unpaired) electrons. The molecule has 1 saturated heterocycles. The van der Waals surface area contributed by atoms with Crippen molar-refractivity contribution in [2.45, 2.75) is 19.0 Å². The molecule has 1 aromatic carbocycles. The summed E-state index contributed by atoms with van der Waals surface area (Å²) in [4.78, 5) is 12.4. The third-order valence-electron chi connectivity index (χ3n) is 3.73. The zero-order valence-corrected chi connectivity index (χ0v) is 11.9. The number of carbonyl (C=O) groups excluding carboxylic acids is 1. The van der Waals surface area contributed by atoms with Crippen LogP contribution in [-0.2, 0) is 11.2 Å². The fourth-order valence-corrected chi connectivity index (χ4v) is 2.56. The molecular weight excluding hydrogens is 268 g/mol. The Labute approximate surface area is 123 Å². The molecule has 0 bridgehead atoms.